The number of aliphatic carboxylic acids is 1. The molecule has 6 nitrogen and oxygen atoms in total. The van der Waals surface area contributed by atoms with Crippen LogP contribution in [0.3, 0.4) is 0 Å². The van der Waals surface area contributed by atoms with Crippen molar-refractivity contribution in [2.24, 2.45) is 5.92 Å². The van der Waals surface area contributed by atoms with Gasteiger partial charge in [0.2, 0.25) is 5.91 Å². The first-order valence-electron chi connectivity index (χ1n) is 4.75. The number of hydrogen-bond acceptors (Lipinski definition) is 4. The van der Waals surface area contributed by atoms with E-state index in [1.165, 1.54) is 32.8 Å². The molecule has 16 heavy (non-hydrogen) atoms. The maximum Gasteiger partial charge on any atom is 0.307 e. The summed E-state index contributed by atoms with van der Waals surface area (Å²) in [6.45, 7) is 2.57. The van der Waals surface area contributed by atoms with Crippen molar-refractivity contribution < 1.29 is 23.1 Å². The fraction of sp³-hybridized carbons (Fsp3) is 0.778. The van der Waals surface area contributed by atoms with E-state index in [9.17, 15) is 18.0 Å². The van der Waals surface area contributed by atoms with Gasteiger partial charge in [-0.25, -0.2) is 8.42 Å². The van der Waals surface area contributed by atoms with Gasteiger partial charge in [0, 0.05) is 14.1 Å². The summed E-state index contributed by atoms with van der Waals surface area (Å²) in [5.41, 5.74) is 0. The molecule has 0 aromatic rings. The molecule has 0 aliphatic carbocycles. The highest BCUT2D eigenvalue weighted by molar-refractivity contribution is 7.92. The van der Waals surface area contributed by atoms with Gasteiger partial charge in [-0.1, -0.05) is 6.92 Å². The Morgan fingerprint density at radius 2 is 1.69 bits per heavy atom. The number of carbonyl (C=O) groups is 2. The molecule has 2 atom stereocenters. The molecule has 0 aliphatic heterocycles. The lowest BCUT2D eigenvalue weighted by Gasteiger charge is -2.18. The topological polar surface area (TPSA) is 91.8 Å². The van der Waals surface area contributed by atoms with E-state index in [2.05, 4.69) is 0 Å². The first-order chi connectivity index (χ1) is 7.09. The van der Waals surface area contributed by atoms with Crippen molar-refractivity contribution in [3.8, 4) is 0 Å². The molecule has 0 spiro atoms. The Kier molecular flexibility index (Phi) is 4.92. The van der Waals surface area contributed by atoms with Crippen molar-refractivity contribution in [1.82, 2.24) is 4.90 Å². The highest BCUT2D eigenvalue weighted by Crippen LogP contribution is 2.10. The monoisotopic (exact) mass is 251 g/mol. The Morgan fingerprint density at radius 1 is 1.25 bits per heavy atom. The Morgan fingerprint density at radius 3 is 2.00 bits per heavy atom. The Balaban J connectivity index is 4.81. The SMILES string of the molecule is CC(CS(=O)(=O)C(C)C(=O)N(C)C)C(=O)O. The number of amides is 1. The minimum absolute atomic E-state index is 0.525. The molecular weight excluding hydrogens is 234 g/mol. The third-order valence-electron chi connectivity index (χ3n) is 2.23. The summed E-state index contributed by atoms with van der Waals surface area (Å²) in [6.07, 6.45) is 0. The van der Waals surface area contributed by atoms with E-state index in [0.29, 0.717) is 0 Å². The van der Waals surface area contributed by atoms with Crippen LogP contribution in [0.1, 0.15) is 13.8 Å². The van der Waals surface area contributed by atoms with Gasteiger partial charge in [0.05, 0.1) is 11.7 Å². The smallest absolute Gasteiger partial charge is 0.307 e. The molecule has 0 heterocycles. The molecule has 1 N–H and O–H groups in total. The molecule has 7 heteroatoms. The van der Waals surface area contributed by atoms with Gasteiger partial charge in [-0.3, -0.25) is 9.59 Å². The van der Waals surface area contributed by atoms with Gasteiger partial charge in [0.15, 0.2) is 9.84 Å². The minimum Gasteiger partial charge on any atom is -0.481 e. The predicted molar refractivity (Wildman–Crippen MR) is 58.7 cm³/mol. The van der Waals surface area contributed by atoms with Crippen LogP contribution in [-0.4, -0.2) is 55.4 Å². The van der Waals surface area contributed by atoms with E-state index >= 15 is 0 Å². The normalized spacial score (nSPS) is 15.2. The zero-order valence-electron chi connectivity index (χ0n) is 9.80. The number of carbonyl (C=O) groups excluding carboxylic acids is 1. The lowest BCUT2D eigenvalue weighted by atomic mass is 10.2. The first-order valence-corrected chi connectivity index (χ1v) is 6.46. The number of carboxylic acid groups (broad SMARTS) is 1. The highest BCUT2D eigenvalue weighted by atomic mass is 32.2. The number of sulfone groups is 1. The van der Waals surface area contributed by atoms with Crippen LogP contribution in [0.4, 0.5) is 0 Å². The number of rotatable bonds is 5. The summed E-state index contributed by atoms with van der Waals surface area (Å²) in [5.74, 6) is -3.27. The van der Waals surface area contributed by atoms with Crippen LogP contribution < -0.4 is 0 Å². The summed E-state index contributed by atoms with van der Waals surface area (Å²) in [7, 11) is -0.814. The number of hydrogen-bond donors (Lipinski definition) is 1. The zero-order valence-corrected chi connectivity index (χ0v) is 10.6. The van der Waals surface area contributed by atoms with Crippen molar-refractivity contribution in [3.05, 3.63) is 0 Å². The predicted octanol–water partition coefficient (Wildman–Crippen LogP) is -0.401. The van der Waals surface area contributed by atoms with E-state index in [1.54, 1.807) is 0 Å². The summed E-state index contributed by atoms with van der Waals surface area (Å²) < 4.78 is 23.4. The average Bonchev–Trinajstić information content (AvgIpc) is 2.14. The molecular formula is C9H17NO5S. The second kappa shape index (κ2) is 5.29. The van der Waals surface area contributed by atoms with Crippen LogP contribution in [0.25, 0.3) is 0 Å². The van der Waals surface area contributed by atoms with Crippen molar-refractivity contribution in [2.45, 2.75) is 19.1 Å². The van der Waals surface area contributed by atoms with Crippen molar-refractivity contribution in [3.63, 3.8) is 0 Å². The van der Waals surface area contributed by atoms with E-state index in [0.717, 1.165) is 0 Å². The third kappa shape index (κ3) is 3.80. The molecule has 0 rings (SSSR count). The molecule has 94 valence electrons. The number of nitrogens with zero attached hydrogens (tertiary/aromatic N) is 1. The molecule has 0 fully saturated rings. The minimum atomic E-state index is -3.72. The first kappa shape index (κ1) is 14.9. The molecule has 0 aromatic heterocycles. The van der Waals surface area contributed by atoms with Crippen LogP contribution >= 0.6 is 0 Å². The fourth-order valence-electron chi connectivity index (χ4n) is 1.08. The van der Waals surface area contributed by atoms with Gasteiger partial charge in [0.1, 0.15) is 5.25 Å². The van der Waals surface area contributed by atoms with Gasteiger partial charge in [-0.05, 0) is 6.92 Å². The van der Waals surface area contributed by atoms with Crippen LogP contribution in [0, 0.1) is 5.92 Å². The third-order valence-corrected chi connectivity index (χ3v) is 4.47. The Bertz CT molecular complexity index is 373. The Hall–Kier alpha value is -1.11. The summed E-state index contributed by atoms with van der Waals surface area (Å²) in [4.78, 5) is 23.2. The number of carboxylic acids is 1. The zero-order chi connectivity index (χ0) is 13.1. The quantitative estimate of drug-likeness (QED) is 0.717. The second-order valence-electron chi connectivity index (χ2n) is 3.94. The summed E-state index contributed by atoms with van der Waals surface area (Å²) in [5, 5.41) is 7.41. The van der Waals surface area contributed by atoms with Crippen molar-refractivity contribution in [2.75, 3.05) is 19.8 Å². The van der Waals surface area contributed by atoms with Gasteiger partial charge < -0.3 is 10.0 Å². The molecule has 0 radical (unpaired) electrons. The van der Waals surface area contributed by atoms with Crippen LogP contribution in [0.5, 0.6) is 0 Å². The van der Waals surface area contributed by atoms with Crippen LogP contribution in [0.15, 0.2) is 0 Å². The molecule has 0 saturated heterocycles. The van der Waals surface area contributed by atoms with E-state index < -0.39 is 38.6 Å². The van der Waals surface area contributed by atoms with Crippen LogP contribution in [0.2, 0.25) is 0 Å². The van der Waals surface area contributed by atoms with Gasteiger partial charge in [0.25, 0.3) is 0 Å². The van der Waals surface area contributed by atoms with E-state index in [4.69, 9.17) is 5.11 Å². The lowest BCUT2D eigenvalue weighted by Crippen LogP contribution is -2.39. The van der Waals surface area contributed by atoms with Gasteiger partial charge in [-0.15, -0.1) is 0 Å². The van der Waals surface area contributed by atoms with E-state index in [1.807, 2.05) is 0 Å². The molecule has 0 saturated carbocycles. The van der Waals surface area contributed by atoms with Gasteiger partial charge >= 0.3 is 5.97 Å². The summed E-state index contributed by atoms with van der Waals surface area (Å²) >= 11 is 0. The maximum atomic E-state index is 11.7. The largest absolute Gasteiger partial charge is 0.481 e. The van der Waals surface area contributed by atoms with Crippen molar-refractivity contribution in [1.29, 1.82) is 0 Å². The molecule has 2 unspecified atom stereocenters. The van der Waals surface area contributed by atoms with Crippen LogP contribution in [-0.2, 0) is 19.4 Å². The molecule has 1 amide bonds. The average molecular weight is 251 g/mol. The standard InChI is InChI=1S/C9H17NO5S/c1-6(9(12)13)5-16(14,15)7(2)8(11)10(3)4/h6-7H,5H2,1-4H3,(H,12,13). The summed E-state index contributed by atoms with van der Waals surface area (Å²) in [6, 6.07) is 0. The maximum absolute atomic E-state index is 11.7. The van der Waals surface area contributed by atoms with Crippen molar-refractivity contribution >= 4 is 21.7 Å². The lowest BCUT2D eigenvalue weighted by molar-refractivity contribution is -0.140. The van der Waals surface area contributed by atoms with E-state index in [-0.39, 0.29) is 0 Å². The highest BCUT2D eigenvalue weighted by Gasteiger charge is 2.32. The second-order valence-corrected chi connectivity index (χ2v) is 6.31. The molecule has 0 aliphatic rings. The fourth-order valence-corrected chi connectivity index (χ4v) is 2.73. The molecule has 0 bridgehead atoms. The van der Waals surface area contributed by atoms with Gasteiger partial charge in [-0.2, -0.15) is 0 Å². The molecule has 0 aromatic carbocycles. The Labute approximate surface area is 95.2 Å².